The third-order valence-corrected chi connectivity index (χ3v) is 4.57. The quantitative estimate of drug-likeness (QED) is 0.903. The summed E-state index contributed by atoms with van der Waals surface area (Å²) in [5.74, 6) is 0.674. The van der Waals surface area contributed by atoms with Gasteiger partial charge in [-0.3, -0.25) is 9.88 Å². The van der Waals surface area contributed by atoms with Crippen molar-refractivity contribution in [1.29, 1.82) is 0 Å². The number of aromatic nitrogens is 1. The van der Waals surface area contributed by atoms with Crippen molar-refractivity contribution in [3.05, 3.63) is 30.1 Å². The zero-order valence-electron chi connectivity index (χ0n) is 12.7. The second kappa shape index (κ2) is 6.02. The summed E-state index contributed by atoms with van der Waals surface area (Å²) in [5.41, 5.74) is 1.41. The molecule has 1 fully saturated rings. The number of hydrogen-bond acceptors (Lipinski definition) is 3. The van der Waals surface area contributed by atoms with Gasteiger partial charge in [0.25, 0.3) is 0 Å². The Balaban J connectivity index is 2.12. The highest BCUT2D eigenvalue weighted by molar-refractivity contribution is 5.06. The summed E-state index contributed by atoms with van der Waals surface area (Å²) in [4.78, 5) is 7.09. The first kappa shape index (κ1) is 14.5. The Labute approximate surface area is 117 Å². The molecule has 0 spiro atoms. The standard InChI is InChI=1S/C16H27N3/c1-5-16(4)12-18-15(13(2)3)11-19(16)10-14-8-6-7-9-17-14/h6-9,13,15,18H,5,10-12H2,1-4H3. The first-order valence-electron chi connectivity index (χ1n) is 7.43. The average molecular weight is 261 g/mol. The van der Waals surface area contributed by atoms with Crippen molar-refractivity contribution in [2.75, 3.05) is 13.1 Å². The van der Waals surface area contributed by atoms with Gasteiger partial charge in [0.15, 0.2) is 0 Å². The molecule has 106 valence electrons. The van der Waals surface area contributed by atoms with E-state index in [1.165, 1.54) is 5.69 Å². The number of hydrogen-bond donors (Lipinski definition) is 1. The molecule has 0 amide bonds. The molecule has 2 rings (SSSR count). The van der Waals surface area contributed by atoms with Crippen molar-refractivity contribution in [1.82, 2.24) is 15.2 Å². The van der Waals surface area contributed by atoms with Gasteiger partial charge in [0.05, 0.1) is 5.69 Å². The summed E-state index contributed by atoms with van der Waals surface area (Å²) in [6, 6.07) is 6.77. The number of piperazine rings is 1. The molecule has 1 aliphatic rings. The van der Waals surface area contributed by atoms with Crippen LogP contribution in [-0.4, -0.2) is 34.6 Å². The van der Waals surface area contributed by atoms with Crippen molar-refractivity contribution in [2.45, 2.75) is 52.2 Å². The lowest BCUT2D eigenvalue weighted by atomic mass is 9.89. The van der Waals surface area contributed by atoms with Gasteiger partial charge in [-0.25, -0.2) is 0 Å². The van der Waals surface area contributed by atoms with E-state index in [2.05, 4.69) is 55.0 Å². The monoisotopic (exact) mass is 261 g/mol. The predicted molar refractivity (Wildman–Crippen MR) is 80.0 cm³/mol. The molecule has 0 radical (unpaired) electrons. The topological polar surface area (TPSA) is 28.2 Å². The Kier molecular flexibility index (Phi) is 4.58. The number of rotatable bonds is 4. The fraction of sp³-hybridized carbons (Fsp3) is 0.688. The Morgan fingerprint density at radius 1 is 1.47 bits per heavy atom. The third-order valence-electron chi connectivity index (χ3n) is 4.57. The smallest absolute Gasteiger partial charge is 0.0544 e. The van der Waals surface area contributed by atoms with Crippen LogP contribution in [0.4, 0.5) is 0 Å². The lowest BCUT2D eigenvalue weighted by molar-refractivity contribution is 0.0307. The Morgan fingerprint density at radius 2 is 2.26 bits per heavy atom. The van der Waals surface area contributed by atoms with E-state index in [4.69, 9.17) is 0 Å². The van der Waals surface area contributed by atoms with Gasteiger partial charge in [-0.05, 0) is 31.4 Å². The second-order valence-electron chi connectivity index (χ2n) is 6.28. The van der Waals surface area contributed by atoms with Crippen LogP contribution in [0.1, 0.15) is 39.8 Å². The Hall–Kier alpha value is -0.930. The highest BCUT2D eigenvalue weighted by atomic mass is 15.3. The van der Waals surface area contributed by atoms with Crippen molar-refractivity contribution in [3.63, 3.8) is 0 Å². The van der Waals surface area contributed by atoms with E-state index in [0.29, 0.717) is 12.0 Å². The van der Waals surface area contributed by atoms with E-state index in [9.17, 15) is 0 Å². The van der Waals surface area contributed by atoms with Crippen LogP contribution < -0.4 is 5.32 Å². The van der Waals surface area contributed by atoms with Gasteiger partial charge in [0.2, 0.25) is 0 Å². The molecule has 0 saturated carbocycles. The summed E-state index contributed by atoms with van der Waals surface area (Å²) in [6.07, 6.45) is 3.05. The number of nitrogens with zero attached hydrogens (tertiary/aromatic N) is 2. The van der Waals surface area contributed by atoms with E-state index in [0.717, 1.165) is 26.1 Å². The number of pyridine rings is 1. The van der Waals surface area contributed by atoms with Crippen LogP contribution in [0.2, 0.25) is 0 Å². The average Bonchev–Trinajstić information content (AvgIpc) is 2.42. The minimum atomic E-state index is 0.239. The Bertz CT molecular complexity index is 390. The fourth-order valence-corrected chi connectivity index (χ4v) is 2.72. The molecule has 1 aromatic rings. The predicted octanol–water partition coefficient (Wildman–Crippen LogP) is 2.68. The van der Waals surface area contributed by atoms with Crippen LogP contribution in [-0.2, 0) is 6.54 Å². The zero-order valence-corrected chi connectivity index (χ0v) is 12.7. The molecule has 3 nitrogen and oxygen atoms in total. The van der Waals surface area contributed by atoms with E-state index < -0.39 is 0 Å². The maximum atomic E-state index is 4.48. The highest BCUT2D eigenvalue weighted by Crippen LogP contribution is 2.26. The molecule has 2 unspecified atom stereocenters. The molecule has 3 heteroatoms. The van der Waals surface area contributed by atoms with Gasteiger partial charge in [-0.15, -0.1) is 0 Å². The molecular weight excluding hydrogens is 234 g/mol. The van der Waals surface area contributed by atoms with Crippen molar-refractivity contribution in [2.24, 2.45) is 5.92 Å². The maximum absolute atomic E-state index is 4.48. The summed E-state index contributed by atoms with van der Waals surface area (Å²) in [5, 5.41) is 3.71. The summed E-state index contributed by atoms with van der Waals surface area (Å²) in [6.45, 7) is 12.4. The van der Waals surface area contributed by atoms with E-state index >= 15 is 0 Å². The van der Waals surface area contributed by atoms with E-state index in [1.807, 2.05) is 12.3 Å². The van der Waals surface area contributed by atoms with E-state index in [1.54, 1.807) is 0 Å². The molecule has 1 aliphatic heterocycles. The highest BCUT2D eigenvalue weighted by Gasteiger charge is 2.37. The van der Waals surface area contributed by atoms with Crippen LogP contribution in [0, 0.1) is 5.92 Å². The van der Waals surface area contributed by atoms with Crippen molar-refractivity contribution < 1.29 is 0 Å². The van der Waals surface area contributed by atoms with Crippen molar-refractivity contribution in [3.8, 4) is 0 Å². The van der Waals surface area contributed by atoms with Crippen LogP contribution in [0.3, 0.4) is 0 Å². The molecule has 2 atom stereocenters. The van der Waals surface area contributed by atoms with Crippen LogP contribution in [0.15, 0.2) is 24.4 Å². The van der Waals surface area contributed by atoms with Gasteiger partial charge < -0.3 is 5.32 Å². The lowest BCUT2D eigenvalue weighted by Gasteiger charge is -2.48. The number of nitrogens with one attached hydrogen (secondary N) is 1. The van der Waals surface area contributed by atoms with Gasteiger partial charge in [0.1, 0.15) is 0 Å². The second-order valence-corrected chi connectivity index (χ2v) is 6.28. The molecular formula is C16H27N3. The maximum Gasteiger partial charge on any atom is 0.0544 e. The molecule has 2 heterocycles. The summed E-state index contributed by atoms with van der Waals surface area (Å²) in [7, 11) is 0. The largest absolute Gasteiger partial charge is 0.311 e. The van der Waals surface area contributed by atoms with Gasteiger partial charge in [0, 0.05) is 37.4 Å². The van der Waals surface area contributed by atoms with Crippen LogP contribution in [0.5, 0.6) is 0 Å². The van der Waals surface area contributed by atoms with Crippen molar-refractivity contribution >= 4 is 0 Å². The summed E-state index contributed by atoms with van der Waals surface area (Å²) < 4.78 is 0. The normalized spacial score (nSPS) is 28.8. The molecule has 0 aromatic carbocycles. The van der Waals surface area contributed by atoms with Gasteiger partial charge >= 0.3 is 0 Å². The molecule has 1 saturated heterocycles. The van der Waals surface area contributed by atoms with Gasteiger partial charge in [-0.1, -0.05) is 26.8 Å². The summed E-state index contributed by atoms with van der Waals surface area (Å²) >= 11 is 0. The SMILES string of the molecule is CCC1(C)CNC(C(C)C)CN1Cc1ccccn1. The zero-order chi connectivity index (χ0) is 13.9. The van der Waals surface area contributed by atoms with E-state index in [-0.39, 0.29) is 5.54 Å². The first-order valence-corrected chi connectivity index (χ1v) is 7.43. The lowest BCUT2D eigenvalue weighted by Crippen LogP contribution is -2.63. The molecule has 1 aromatic heterocycles. The fourth-order valence-electron chi connectivity index (χ4n) is 2.72. The molecule has 19 heavy (non-hydrogen) atoms. The minimum Gasteiger partial charge on any atom is -0.311 e. The van der Waals surface area contributed by atoms with Gasteiger partial charge in [-0.2, -0.15) is 0 Å². The van der Waals surface area contributed by atoms with Crippen LogP contribution in [0.25, 0.3) is 0 Å². The molecule has 0 aliphatic carbocycles. The van der Waals surface area contributed by atoms with Crippen LogP contribution >= 0.6 is 0 Å². The Morgan fingerprint density at radius 3 is 2.84 bits per heavy atom. The minimum absolute atomic E-state index is 0.239. The first-order chi connectivity index (χ1) is 9.05. The third kappa shape index (κ3) is 3.34. The molecule has 1 N–H and O–H groups in total. The molecule has 0 bridgehead atoms.